The molecule has 3 aliphatic carbocycles. The molecular weight excluding hydrogens is 390 g/mol. The maximum atomic E-state index is 12.5. The number of likely N-dealkylation sites (tertiary alicyclic amines) is 1. The fourth-order valence-electron chi connectivity index (χ4n) is 6.82. The summed E-state index contributed by atoms with van der Waals surface area (Å²) in [7, 11) is 1.72. The Morgan fingerprint density at radius 2 is 2.03 bits per heavy atom. The number of carbonyl (C=O) groups is 1. The van der Waals surface area contributed by atoms with Crippen LogP contribution in [0.3, 0.4) is 0 Å². The molecule has 2 fully saturated rings. The minimum atomic E-state index is -0.656. The number of rotatable bonds is 4. The number of nitrogens with one attached hydrogen (secondary N) is 1. The molecule has 1 saturated heterocycles. The number of aromatic amines is 1. The molecule has 0 radical (unpaired) electrons. The van der Waals surface area contributed by atoms with Crippen LogP contribution in [0.4, 0.5) is 0 Å². The molecule has 1 saturated carbocycles. The van der Waals surface area contributed by atoms with E-state index in [2.05, 4.69) is 28.1 Å². The van der Waals surface area contributed by atoms with Gasteiger partial charge in [0.15, 0.2) is 0 Å². The first kappa shape index (κ1) is 19.1. The number of primary amides is 1. The van der Waals surface area contributed by atoms with Gasteiger partial charge in [0.05, 0.1) is 7.11 Å². The van der Waals surface area contributed by atoms with Crippen molar-refractivity contribution in [3.8, 4) is 5.75 Å². The van der Waals surface area contributed by atoms with E-state index in [1.807, 2.05) is 0 Å². The van der Waals surface area contributed by atoms with Crippen LogP contribution in [0.25, 0.3) is 0 Å². The number of pyridine rings is 1. The van der Waals surface area contributed by atoms with Crippen LogP contribution >= 0.6 is 0 Å². The summed E-state index contributed by atoms with van der Waals surface area (Å²) in [6.07, 6.45) is 6.48. The maximum absolute atomic E-state index is 12.5. The van der Waals surface area contributed by atoms with E-state index >= 15 is 0 Å². The molecule has 0 spiro atoms. The van der Waals surface area contributed by atoms with Gasteiger partial charge in [0.2, 0.25) is 0 Å². The summed E-state index contributed by atoms with van der Waals surface area (Å²) in [5.74, 6) is 1.10. The number of fused-ring (bicyclic) bond motifs is 2. The van der Waals surface area contributed by atoms with Crippen LogP contribution in [0.1, 0.15) is 52.0 Å². The van der Waals surface area contributed by atoms with Crippen molar-refractivity contribution in [3.05, 3.63) is 62.6 Å². The molecule has 31 heavy (non-hydrogen) atoms. The van der Waals surface area contributed by atoms with E-state index in [1.165, 1.54) is 30.5 Å². The van der Waals surface area contributed by atoms with Gasteiger partial charge in [-0.25, -0.2) is 0 Å². The molecule has 1 aromatic carbocycles. The molecule has 3 N–H and O–H groups in total. The summed E-state index contributed by atoms with van der Waals surface area (Å²) < 4.78 is 5.59. The summed E-state index contributed by atoms with van der Waals surface area (Å²) in [6, 6.07) is 8.29. The highest BCUT2D eigenvalue weighted by Crippen LogP contribution is 2.62. The quantitative estimate of drug-likeness (QED) is 0.795. The molecule has 6 nitrogen and oxygen atoms in total. The van der Waals surface area contributed by atoms with Crippen LogP contribution < -0.4 is 16.0 Å². The number of hydrogen-bond donors (Lipinski definition) is 2. The van der Waals surface area contributed by atoms with Crippen LogP contribution in [0.15, 0.2) is 29.1 Å². The number of methoxy groups -OCH3 is 1. The van der Waals surface area contributed by atoms with Gasteiger partial charge in [0, 0.05) is 29.6 Å². The van der Waals surface area contributed by atoms with Crippen molar-refractivity contribution in [1.82, 2.24) is 9.88 Å². The first-order valence-electron chi connectivity index (χ1n) is 11.4. The van der Waals surface area contributed by atoms with E-state index in [9.17, 15) is 9.59 Å². The highest BCUT2D eigenvalue weighted by Gasteiger charge is 2.61. The van der Waals surface area contributed by atoms with Gasteiger partial charge >= 0.3 is 0 Å². The van der Waals surface area contributed by atoms with E-state index in [-0.39, 0.29) is 22.0 Å². The first-order valence-corrected chi connectivity index (χ1v) is 11.4. The zero-order valence-electron chi connectivity index (χ0n) is 18.0. The normalized spacial score (nSPS) is 28.9. The Bertz CT molecular complexity index is 1150. The topological polar surface area (TPSA) is 88.4 Å². The Labute approximate surface area is 181 Å². The number of ether oxygens (including phenoxy) is 1. The SMILES string of the molecule is COc1ccc2c(c1)[C@]13CCN(CC4CC4)C[C@@]1(C2)Cc1cc(C(N)=O)c(=O)[nH]c1C3. The van der Waals surface area contributed by atoms with Gasteiger partial charge in [0.1, 0.15) is 11.3 Å². The lowest BCUT2D eigenvalue weighted by molar-refractivity contribution is 0.00114. The van der Waals surface area contributed by atoms with Crippen LogP contribution in [0, 0.1) is 11.3 Å². The number of carbonyl (C=O) groups excluding carboxylic acids is 1. The summed E-state index contributed by atoms with van der Waals surface area (Å²) in [5.41, 5.74) is 10.1. The average molecular weight is 420 g/mol. The zero-order valence-corrected chi connectivity index (χ0v) is 18.0. The van der Waals surface area contributed by atoms with Gasteiger partial charge in [-0.2, -0.15) is 0 Å². The number of hydrogen-bond acceptors (Lipinski definition) is 4. The van der Waals surface area contributed by atoms with Crippen molar-refractivity contribution in [2.45, 2.75) is 43.9 Å². The van der Waals surface area contributed by atoms with Crippen LogP contribution in [-0.2, 0) is 24.7 Å². The Balaban J connectivity index is 1.50. The van der Waals surface area contributed by atoms with Gasteiger partial charge in [-0.3, -0.25) is 9.59 Å². The second-order valence-electron chi connectivity index (χ2n) is 10.2. The van der Waals surface area contributed by atoms with Crippen molar-refractivity contribution in [1.29, 1.82) is 0 Å². The van der Waals surface area contributed by atoms with Gasteiger partial charge < -0.3 is 20.4 Å². The number of piperidine rings is 1. The number of aromatic nitrogens is 1. The number of nitrogens with two attached hydrogens (primary N) is 1. The third kappa shape index (κ3) is 2.73. The molecule has 1 aliphatic heterocycles. The molecule has 4 aliphatic rings. The predicted octanol–water partition coefficient (Wildman–Crippen LogP) is 2.18. The van der Waals surface area contributed by atoms with Gasteiger partial charge in [-0.15, -0.1) is 0 Å². The lowest BCUT2D eigenvalue weighted by Crippen LogP contribution is -2.60. The summed E-state index contributed by atoms with van der Waals surface area (Å²) in [6.45, 7) is 3.35. The minimum absolute atomic E-state index is 0.0128. The zero-order chi connectivity index (χ0) is 21.4. The number of amides is 1. The van der Waals surface area contributed by atoms with Gasteiger partial charge in [-0.1, -0.05) is 6.07 Å². The van der Waals surface area contributed by atoms with Crippen molar-refractivity contribution in [2.75, 3.05) is 26.7 Å². The lowest BCUT2D eigenvalue weighted by Gasteiger charge is -2.56. The Morgan fingerprint density at radius 3 is 2.77 bits per heavy atom. The smallest absolute Gasteiger partial charge is 0.261 e. The predicted molar refractivity (Wildman–Crippen MR) is 118 cm³/mol. The average Bonchev–Trinajstić information content (AvgIpc) is 3.51. The molecule has 6 rings (SSSR count). The third-order valence-electron chi connectivity index (χ3n) is 8.46. The van der Waals surface area contributed by atoms with E-state index in [0.29, 0.717) is 0 Å². The monoisotopic (exact) mass is 419 g/mol. The first-order chi connectivity index (χ1) is 14.9. The van der Waals surface area contributed by atoms with Crippen molar-refractivity contribution >= 4 is 5.91 Å². The fourth-order valence-corrected chi connectivity index (χ4v) is 6.82. The molecule has 1 aromatic heterocycles. The molecule has 0 bridgehead atoms. The fraction of sp³-hybridized carbons (Fsp3) is 0.520. The largest absolute Gasteiger partial charge is 0.497 e. The van der Waals surface area contributed by atoms with E-state index in [0.717, 1.165) is 61.7 Å². The standard InChI is InChI=1S/C25H29N3O3/c1-31-18-5-4-16-10-24-11-17-8-19(22(26)29)23(30)27-21(17)12-25(24,20(16)9-18)6-7-28(14-24)13-15-2-3-15/h4-5,8-9,15H,2-3,6-7,10-14H2,1H3,(H2,26,29)(H,27,30)/t24-,25-/m1/s1. The van der Waals surface area contributed by atoms with Gasteiger partial charge in [0.25, 0.3) is 11.5 Å². The van der Waals surface area contributed by atoms with Crippen LogP contribution in [-0.4, -0.2) is 42.5 Å². The van der Waals surface area contributed by atoms with E-state index < -0.39 is 5.91 Å². The molecule has 2 atom stereocenters. The Hall–Kier alpha value is -2.60. The van der Waals surface area contributed by atoms with Crippen molar-refractivity contribution in [2.24, 2.45) is 17.1 Å². The van der Waals surface area contributed by atoms with Crippen LogP contribution in [0.5, 0.6) is 5.75 Å². The van der Waals surface area contributed by atoms with Gasteiger partial charge in [-0.05, 0) is 85.9 Å². The molecule has 162 valence electrons. The third-order valence-corrected chi connectivity index (χ3v) is 8.46. The van der Waals surface area contributed by atoms with E-state index in [4.69, 9.17) is 10.5 Å². The second-order valence-corrected chi connectivity index (χ2v) is 10.2. The highest BCUT2D eigenvalue weighted by atomic mass is 16.5. The van der Waals surface area contributed by atoms with E-state index in [1.54, 1.807) is 13.2 Å². The Morgan fingerprint density at radius 1 is 1.23 bits per heavy atom. The lowest BCUT2D eigenvalue weighted by atomic mass is 9.52. The summed E-state index contributed by atoms with van der Waals surface area (Å²) in [4.78, 5) is 30.0. The molecule has 2 aromatic rings. The minimum Gasteiger partial charge on any atom is -0.497 e. The molecular formula is C25H29N3O3. The number of H-pyrrole nitrogens is 1. The second kappa shape index (κ2) is 6.45. The molecule has 0 unspecified atom stereocenters. The maximum Gasteiger partial charge on any atom is 0.261 e. The summed E-state index contributed by atoms with van der Waals surface area (Å²) in [5, 5.41) is 0. The molecule has 1 amide bonds. The van der Waals surface area contributed by atoms with Crippen LogP contribution in [0.2, 0.25) is 0 Å². The van der Waals surface area contributed by atoms with Crippen molar-refractivity contribution < 1.29 is 9.53 Å². The highest BCUT2D eigenvalue weighted by molar-refractivity contribution is 5.92. The number of nitrogens with zero attached hydrogens (tertiary/aromatic N) is 1. The number of benzene rings is 1. The van der Waals surface area contributed by atoms with Crippen molar-refractivity contribution in [3.63, 3.8) is 0 Å². The molecule has 6 heteroatoms. The molecule has 2 heterocycles. The summed E-state index contributed by atoms with van der Waals surface area (Å²) >= 11 is 0. The Kier molecular flexibility index (Phi) is 3.98.